The van der Waals surface area contributed by atoms with Crippen LogP contribution in [0.4, 0.5) is 5.69 Å². The van der Waals surface area contributed by atoms with Crippen LogP contribution in [0.15, 0.2) is 66.2 Å². The van der Waals surface area contributed by atoms with E-state index < -0.39 is 0 Å². The molecule has 0 spiro atoms. The number of rotatable bonds is 3. The lowest BCUT2D eigenvalue weighted by molar-refractivity contribution is -0.116. The largest absolute Gasteiger partial charge is 0.355 e. The third-order valence-electron chi connectivity index (χ3n) is 3.82. The van der Waals surface area contributed by atoms with E-state index in [0.29, 0.717) is 6.42 Å². The van der Waals surface area contributed by atoms with E-state index in [2.05, 4.69) is 17.4 Å². The number of Topliss-reactive ketones (excluding diaryl/α,β-unsaturated/α-hetero) is 1. The molecule has 0 radical (unpaired) electrons. The number of nitrogens with one attached hydrogen (secondary N) is 1. The molecule has 2 aromatic rings. The monoisotopic (exact) mass is 277 g/mol. The highest BCUT2D eigenvalue weighted by molar-refractivity contribution is 6.04. The van der Waals surface area contributed by atoms with Crippen LogP contribution in [0.3, 0.4) is 0 Å². The van der Waals surface area contributed by atoms with Gasteiger partial charge in [0, 0.05) is 17.7 Å². The van der Waals surface area contributed by atoms with Gasteiger partial charge >= 0.3 is 0 Å². The first-order chi connectivity index (χ1) is 10.3. The molecular weight excluding hydrogens is 258 g/mol. The molecule has 1 aliphatic rings. The summed E-state index contributed by atoms with van der Waals surface area (Å²) in [5, 5.41) is 3.45. The van der Waals surface area contributed by atoms with Gasteiger partial charge in [0.05, 0.1) is 5.70 Å². The maximum Gasteiger partial charge on any atom is 0.160 e. The van der Waals surface area contributed by atoms with Crippen LogP contribution in [-0.4, -0.2) is 5.78 Å². The summed E-state index contributed by atoms with van der Waals surface area (Å²) in [7, 11) is 0. The van der Waals surface area contributed by atoms with Crippen LogP contribution in [-0.2, 0) is 4.79 Å². The maximum atomic E-state index is 12.3. The zero-order valence-corrected chi connectivity index (χ0v) is 12.0. The molecule has 0 saturated heterocycles. The Hall–Kier alpha value is -2.35. The molecule has 0 bridgehead atoms. The third-order valence-corrected chi connectivity index (χ3v) is 3.82. The van der Waals surface area contributed by atoms with E-state index in [4.69, 9.17) is 0 Å². The summed E-state index contributed by atoms with van der Waals surface area (Å²) < 4.78 is 0. The minimum Gasteiger partial charge on any atom is -0.355 e. The van der Waals surface area contributed by atoms with Crippen LogP contribution < -0.4 is 5.32 Å². The maximum absolute atomic E-state index is 12.3. The highest BCUT2D eigenvalue weighted by Crippen LogP contribution is 2.29. The van der Waals surface area contributed by atoms with E-state index in [1.54, 1.807) is 0 Å². The first kappa shape index (κ1) is 13.6. The molecule has 0 aromatic heterocycles. The van der Waals surface area contributed by atoms with Crippen molar-refractivity contribution in [3.8, 4) is 0 Å². The van der Waals surface area contributed by atoms with Gasteiger partial charge < -0.3 is 5.32 Å². The molecule has 0 unspecified atom stereocenters. The van der Waals surface area contributed by atoms with Gasteiger partial charge in [-0.1, -0.05) is 48.5 Å². The van der Waals surface area contributed by atoms with Crippen molar-refractivity contribution in [2.24, 2.45) is 0 Å². The molecule has 2 aromatic carbocycles. The van der Waals surface area contributed by atoms with Crippen molar-refractivity contribution in [3.63, 3.8) is 0 Å². The molecule has 21 heavy (non-hydrogen) atoms. The van der Waals surface area contributed by atoms with Crippen LogP contribution >= 0.6 is 0 Å². The molecule has 0 amide bonds. The summed E-state index contributed by atoms with van der Waals surface area (Å²) in [4.78, 5) is 12.3. The van der Waals surface area contributed by atoms with Gasteiger partial charge in [0.2, 0.25) is 0 Å². The van der Waals surface area contributed by atoms with Gasteiger partial charge in [-0.2, -0.15) is 0 Å². The Kier molecular flexibility index (Phi) is 4.15. The van der Waals surface area contributed by atoms with Gasteiger partial charge in [0.25, 0.3) is 0 Å². The molecule has 0 atom stereocenters. The number of hydrogen-bond donors (Lipinski definition) is 1. The molecule has 1 fully saturated rings. The lowest BCUT2D eigenvalue weighted by Gasteiger charge is -2.20. The predicted molar refractivity (Wildman–Crippen MR) is 86.9 cm³/mol. The first-order valence-electron chi connectivity index (χ1n) is 7.48. The van der Waals surface area contributed by atoms with Crippen molar-refractivity contribution in [1.29, 1.82) is 0 Å². The summed E-state index contributed by atoms with van der Waals surface area (Å²) in [6.45, 7) is 0. The number of para-hydroxylation sites is 1. The van der Waals surface area contributed by atoms with Crippen molar-refractivity contribution in [1.82, 2.24) is 0 Å². The molecule has 2 nitrogen and oxygen atoms in total. The van der Waals surface area contributed by atoms with Crippen molar-refractivity contribution < 1.29 is 4.79 Å². The second-order valence-corrected chi connectivity index (χ2v) is 5.34. The lowest BCUT2D eigenvalue weighted by Crippen LogP contribution is -2.14. The molecule has 1 N–H and O–H groups in total. The van der Waals surface area contributed by atoms with Crippen LogP contribution in [0, 0.1) is 0 Å². The number of hydrogen-bond acceptors (Lipinski definition) is 2. The average molecular weight is 277 g/mol. The number of allylic oxidation sites excluding steroid dienone is 1. The van der Waals surface area contributed by atoms with Gasteiger partial charge in [-0.3, -0.25) is 4.79 Å². The molecule has 0 aliphatic heterocycles. The Balaban J connectivity index is 2.03. The smallest absolute Gasteiger partial charge is 0.160 e. The van der Waals surface area contributed by atoms with Crippen molar-refractivity contribution in [2.75, 3.05) is 5.32 Å². The number of carbonyl (C=O) groups excluding carboxylic acids is 1. The van der Waals surface area contributed by atoms with Crippen molar-refractivity contribution in [3.05, 3.63) is 71.8 Å². The molecule has 2 heteroatoms. The van der Waals surface area contributed by atoms with Gasteiger partial charge in [-0.25, -0.2) is 0 Å². The van der Waals surface area contributed by atoms with Crippen molar-refractivity contribution in [2.45, 2.75) is 25.7 Å². The fourth-order valence-electron chi connectivity index (χ4n) is 2.73. The summed E-state index contributed by atoms with van der Waals surface area (Å²) in [5.74, 6) is 0.281. The second kappa shape index (κ2) is 6.40. The number of anilines is 1. The zero-order chi connectivity index (χ0) is 14.5. The Morgan fingerprint density at radius 1 is 0.810 bits per heavy atom. The van der Waals surface area contributed by atoms with Crippen LogP contribution in [0.2, 0.25) is 0 Å². The highest BCUT2D eigenvalue weighted by atomic mass is 16.1. The van der Waals surface area contributed by atoms with E-state index >= 15 is 0 Å². The van der Waals surface area contributed by atoms with E-state index in [-0.39, 0.29) is 5.78 Å². The van der Waals surface area contributed by atoms with Crippen LogP contribution in [0.5, 0.6) is 0 Å². The minimum atomic E-state index is 0.281. The average Bonchev–Trinajstić information content (AvgIpc) is 2.55. The normalized spacial score (nSPS) is 17.4. The standard InChI is InChI=1S/C19H19NO/c21-18-14-8-7-13-17(18)19(15-9-3-1-4-10-15)20-16-11-5-2-6-12-16/h1-6,9-12,20H,7-8,13-14H2. The lowest BCUT2D eigenvalue weighted by atomic mass is 9.90. The first-order valence-corrected chi connectivity index (χ1v) is 7.48. The molecule has 106 valence electrons. The minimum absolute atomic E-state index is 0.281. The van der Waals surface area contributed by atoms with E-state index in [1.807, 2.05) is 48.5 Å². The number of benzene rings is 2. The summed E-state index contributed by atoms with van der Waals surface area (Å²) in [6, 6.07) is 20.2. The quantitative estimate of drug-likeness (QED) is 0.827. The van der Waals surface area contributed by atoms with E-state index in [9.17, 15) is 4.79 Å². The Morgan fingerprint density at radius 3 is 2.10 bits per heavy atom. The zero-order valence-electron chi connectivity index (χ0n) is 12.0. The predicted octanol–water partition coefficient (Wildman–Crippen LogP) is 4.65. The fourth-order valence-corrected chi connectivity index (χ4v) is 2.73. The van der Waals surface area contributed by atoms with Gasteiger partial charge in [-0.15, -0.1) is 0 Å². The Bertz CT molecular complexity index is 644. The van der Waals surface area contributed by atoms with Crippen molar-refractivity contribution >= 4 is 17.2 Å². The van der Waals surface area contributed by atoms with E-state index in [0.717, 1.165) is 41.8 Å². The highest BCUT2D eigenvalue weighted by Gasteiger charge is 2.20. The fraction of sp³-hybridized carbons (Fsp3) is 0.211. The topological polar surface area (TPSA) is 29.1 Å². The summed E-state index contributed by atoms with van der Waals surface area (Å²) in [5.41, 5.74) is 4.00. The summed E-state index contributed by atoms with van der Waals surface area (Å²) >= 11 is 0. The Morgan fingerprint density at radius 2 is 1.43 bits per heavy atom. The van der Waals surface area contributed by atoms with E-state index in [1.165, 1.54) is 0 Å². The molecule has 1 saturated carbocycles. The van der Waals surface area contributed by atoms with Gasteiger partial charge in [-0.05, 0) is 37.0 Å². The summed E-state index contributed by atoms with van der Waals surface area (Å²) in [6.07, 6.45) is 3.63. The third kappa shape index (κ3) is 3.22. The SMILES string of the molecule is O=C1CCCCC1=C(Nc1ccccc1)c1ccccc1. The molecule has 1 aliphatic carbocycles. The Labute approximate surface area is 125 Å². The molecule has 0 heterocycles. The second-order valence-electron chi connectivity index (χ2n) is 5.34. The van der Waals surface area contributed by atoms with Crippen LogP contribution in [0.1, 0.15) is 31.2 Å². The molecular formula is C19H19NO. The molecule has 3 rings (SSSR count). The number of ketones is 1. The van der Waals surface area contributed by atoms with Gasteiger partial charge in [0.15, 0.2) is 5.78 Å². The number of carbonyl (C=O) groups is 1. The van der Waals surface area contributed by atoms with Gasteiger partial charge in [0.1, 0.15) is 0 Å². The van der Waals surface area contributed by atoms with Crippen LogP contribution in [0.25, 0.3) is 5.70 Å².